The third-order valence-corrected chi connectivity index (χ3v) is 5.42. The number of alkyl halides is 3. The predicted octanol–water partition coefficient (Wildman–Crippen LogP) is 3.23. The van der Waals surface area contributed by atoms with E-state index < -0.39 is 12.1 Å². The SMILES string of the molecule is Cc1cc(C(C)C(F)(F)F)cc(C)c1-n1cc2c(=O)[nH]c(N3CCOCC3)nc2n1. The minimum Gasteiger partial charge on any atom is -0.378 e. The van der Waals surface area contributed by atoms with Gasteiger partial charge in [0.05, 0.1) is 24.8 Å². The van der Waals surface area contributed by atoms with Crippen molar-refractivity contribution < 1.29 is 17.9 Å². The first-order chi connectivity index (χ1) is 14.1. The molecule has 1 N–H and O–H groups in total. The number of benzene rings is 1. The first-order valence-corrected chi connectivity index (χ1v) is 9.66. The van der Waals surface area contributed by atoms with Crippen molar-refractivity contribution in [3.63, 3.8) is 0 Å². The Kier molecular flexibility index (Phi) is 5.05. The number of morpholine rings is 1. The largest absolute Gasteiger partial charge is 0.395 e. The van der Waals surface area contributed by atoms with Gasteiger partial charge in [0.15, 0.2) is 5.65 Å². The summed E-state index contributed by atoms with van der Waals surface area (Å²) in [5.74, 6) is -1.13. The highest BCUT2D eigenvalue weighted by atomic mass is 19.4. The van der Waals surface area contributed by atoms with Gasteiger partial charge >= 0.3 is 6.18 Å². The Bertz CT molecular complexity index is 1120. The van der Waals surface area contributed by atoms with Crippen LogP contribution in [0.1, 0.15) is 29.5 Å². The Labute approximate surface area is 170 Å². The number of nitrogens with one attached hydrogen (secondary N) is 1. The first-order valence-electron chi connectivity index (χ1n) is 9.66. The molecular formula is C20H22F3N5O2. The van der Waals surface area contributed by atoms with Gasteiger partial charge in [0, 0.05) is 19.3 Å². The fourth-order valence-corrected chi connectivity index (χ4v) is 3.73. The molecule has 1 unspecified atom stereocenters. The topological polar surface area (TPSA) is 76.0 Å². The van der Waals surface area contributed by atoms with Gasteiger partial charge in [0.2, 0.25) is 5.95 Å². The number of anilines is 1. The number of aryl methyl sites for hydroxylation is 2. The van der Waals surface area contributed by atoms with Gasteiger partial charge in [0.1, 0.15) is 5.39 Å². The number of ether oxygens (including phenoxy) is 1. The molecule has 0 saturated carbocycles. The van der Waals surface area contributed by atoms with E-state index in [2.05, 4.69) is 15.1 Å². The summed E-state index contributed by atoms with van der Waals surface area (Å²) in [6, 6.07) is 3.04. The highest BCUT2D eigenvalue weighted by Crippen LogP contribution is 2.36. The van der Waals surface area contributed by atoms with Gasteiger partial charge in [-0.15, -0.1) is 5.10 Å². The highest BCUT2D eigenvalue weighted by molar-refractivity contribution is 5.75. The Hall–Kier alpha value is -2.88. The molecule has 30 heavy (non-hydrogen) atoms. The van der Waals surface area contributed by atoms with Crippen molar-refractivity contribution >= 4 is 17.0 Å². The number of aromatic amines is 1. The molecule has 160 valence electrons. The Morgan fingerprint density at radius 3 is 2.40 bits per heavy atom. The van der Waals surface area contributed by atoms with Crippen LogP contribution in [-0.4, -0.2) is 52.2 Å². The van der Waals surface area contributed by atoms with Crippen molar-refractivity contribution in [3.8, 4) is 5.69 Å². The molecule has 3 heterocycles. The number of H-pyrrole nitrogens is 1. The summed E-state index contributed by atoms with van der Waals surface area (Å²) in [6.07, 6.45) is -2.75. The minimum absolute atomic E-state index is 0.198. The second-order valence-corrected chi connectivity index (χ2v) is 7.57. The first kappa shape index (κ1) is 20.4. The van der Waals surface area contributed by atoms with Crippen LogP contribution in [0.5, 0.6) is 0 Å². The number of hydrogen-bond acceptors (Lipinski definition) is 5. The second-order valence-electron chi connectivity index (χ2n) is 7.57. The summed E-state index contributed by atoms with van der Waals surface area (Å²) in [4.78, 5) is 21.8. The van der Waals surface area contributed by atoms with E-state index in [9.17, 15) is 18.0 Å². The van der Waals surface area contributed by atoms with E-state index >= 15 is 0 Å². The molecule has 0 bridgehead atoms. The molecule has 1 atom stereocenters. The molecule has 4 rings (SSSR count). The highest BCUT2D eigenvalue weighted by Gasteiger charge is 2.37. The summed E-state index contributed by atoms with van der Waals surface area (Å²) in [6.45, 7) is 6.95. The van der Waals surface area contributed by atoms with Crippen LogP contribution in [0, 0.1) is 13.8 Å². The van der Waals surface area contributed by atoms with Gasteiger partial charge in [-0.3, -0.25) is 9.78 Å². The molecule has 1 aliphatic rings. The molecule has 0 spiro atoms. The smallest absolute Gasteiger partial charge is 0.378 e. The molecule has 0 aliphatic carbocycles. The third kappa shape index (κ3) is 3.67. The van der Waals surface area contributed by atoms with Crippen LogP contribution < -0.4 is 10.5 Å². The maximum absolute atomic E-state index is 13.1. The van der Waals surface area contributed by atoms with Gasteiger partial charge in [-0.25, -0.2) is 4.68 Å². The maximum Gasteiger partial charge on any atom is 0.395 e. The van der Waals surface area contributed by atoms with Crippen LogP contribution in [-0.2, 0) is 4.74 Å². The quantitative estimate of drug-likeness (QED) is 0.703. The zero-order chi connectivity index (χ0) is 21.6. The van der Waals surface area contributed by atoms with E-state index in [-0.39, 0.29) is 16.8 Å². The minimum atomic E-state index is -4.31. The van der Waals surface area contributed by atoms with Gasteiger partial charge in [-0.05, 0) is 37.5 Å². The standard InChI is InChI=1S/C20H22F3N5O2/c1-11-8-14(13(3)20(21,22)23)9-12(2)16(11)28-10-15-17(26-28)24-19(25-18(15)29)27-4-6-30-7-5-27/h8-10,13H,4-7H2,1-3H3,(H,24,25,26,29). The van der Waals surface area contributed by atoms with Crippen molar-refractivity contribution in [2.45, 2.75) is 32.9 Å². The average Bonchev–Trinajstić information content (AvgIpc) is 3.11. The summed E-state index contributed by atoms with van der Waals surface area (Å²) in [5.41, 5.74) is 2.08. The Morgan fingerprint density at radius 2 is 1.80 bits per heavy atom. The number of rotatable bonds is 3. The number of hydrogen-bond donors (Lipinski definition) is 1. The number of fused-ring (bicyclic) bond motifs is 1. The van der Waals surface area contributed by atoms with E-state index in [1.54, 1.807) is 20.0 Å². The van der Waals surface area contributed by atoms with Gasteiger partial charge < -0.3 is 9.64 Å². The maximum atomic E-state index is 13.1. The molecule has 1 aromatic carbocycles. The van der Waals surface area contributed by atoms with Crippen LogP contribution in [0.2, 0.25) is 0 Å². The molecule has 7 nitrogen and oxygen atoms in total. The number of aromatic nitrogens is 4. The molecule has 0 amide bonds. The lowest BCUT2D eigenvalue weighted by Gasteiger charge is -2.26. The average molecular weight is 421 g/mol. The van der Waals surface area contributed by atoms with Crippen LogP contribution in [0.4, 0.5) is 19.1 Å². The summed E-state index contributed by atoms with van der Waals surface area (Å²) >= 11 is 0. The van der Waals surface area contributed by atoms with Crippen molar-refractivity contribution in [2.24, 2.45) is 0 Å². The second kappa shape index (κ2) is 7.42. The molecule has 0 radical (unpaired) electrons. The number of halogens is 3. The zero-order valence-corrected chi connectivity index (χ0v) is 16.9. The molecule has 2 aromatic heterocycles. The van der Waals surface area contributed by atoms with Crippen LogP contribution >= 0.6 is 0 Å². The van der Waals surface area contributed by atoms with Crippen LogP contribution in [0.15, 0.2) is 23.1 Å². The fraction of sp³-hybridized carbons (Fsp3) is 0.450. The Morgan fingerprint density at radius 1 is 1.17 bits per heavy atom. The molecule has 3 aromatic rings. The van der Waals surface area contributed by atoms with E-state index in [1.165, 1.54) is 16.8 Å². The summed E-state index contributed by atoms with van der Waals surface area (Å²) < 4.78 is 46.2. The lowest BCUT2D eigenvalue weighted by molar-refractivity contribution is -0.146. The molecular weight excluding hydrogens is 399 g/mol. The summed E-state index contributed by atoms with van der Waals surface area (Å²) in [7, 11) is 0. The van der Waals surface area contributed by atoms with E-state index in [4.69, 9.17) is 4.74 Å². The molecule has 1 aliphatic heterocycles. The predicted molar refractivity (Wildman–Crippen MR) is 106 cm³/mol. The van der Waals surface area contributed by atoms with Crippen molar-refractivity contribution in [3.05, 3.63) is 45.4 Å². The van der Waals surface area contributed by atoms with E-state index in [1.807, 2.05) is 4.90 Å². The Balaban J connectivity index is 1.76. The van der Waals surface area contributed by atoms with E-state index in [0.29, 0.717) is 54.5 Å². The van der Waals surface area contributed by atoms with Gasteiger partial charge in [0.25, 0.3) is 5.56 Å². The molecule has 1 fully saturated rings. The van der Waals surface area contributed by atoms with Gasteiger partial charge in [-0.1, -0.05) is 12.1 Å². The molecule has 1 saturated heterocycles. The van der Waals surface area contributed by atoms with Crippen molar-refractivity contribution in [2.75, 3.05) is 31.2 Å². The fourth-order valence-electron chi connectivity index (χ4n) is 3.73. The number of nitrogens with zero attached hydrogens (tertiary/aromatic N) is 4. The lowest BCUT2D eigenvalue weighted by Crippen LogP contribution is -2.38. The van der Waals surface area contributed by atoms with Crippen molar-refractivity contribution in [1.82, 2.24) is 19.7 Å². The monoisotopic (exact) mass is 421 g/mol. The normalized spacial score (nSPS) is 16.3. The third-order valence-electron chi connectivity index (χ3n) is 5.42. The lowest BCUT2D eigenvalue weighted by atomic mass is 9.95. The molecule has 10 heteroatoms. The van der Waals surface area contributed by atoms with Crippen LogP contribution in [0.25, 0.3) is 16.7 Å². The summed E-state index contributed by atoms with van der Waals surface area (Å²) in [5, 5.41) is 4.77. The zero-order valence-electron chi connectivity index (χ0n) is 16.9. The van der Waals surface area contributed by atoms with Crippen LogP contribution in [0.3, 0.4) is 0 Å². The van der Waals surface area contributed by atoms with Crippen molar-refractivity contribution in [1.29, 1.82) is 0 Å². The van der Waals surface area contributed by atoms with E-state index in [0.717, 1.165) is 6.92 Å². The van der Waals surface area contributed by atoms with Gasteiger partial charge in [-0.2, -0.15) is 18.2 Å².